The summed E-state index contributed by atoms with van der Waals surface area (Å²) >= 11 is 0. The number of amides is 1. The Kier molecular flexibility index (Phi) is 7.29. The highest BCUT2D eigenvalue weighted by atomic mass is 19.1. The summed E-state index contributed by atoms with van der Waals surface area (Å²) in [6.45, 7) is 6.28. The maximum atomic E-state index is 13.4. The second-order valence-corrected chi connectivity index (χ2v) is 7.40. The first-order valence-corrected chi connectivity index (χ1v) is 10.7. The topological polar surface area (TPSA) is 52.6 Å². The molecule has 3 aromatic rings. The van der Waals surface area contributed by atoms with Crippen LogP contribution in [0.4, 0.5) is 15.8 Å². The molecule has 1 amide bonds. The number of rotatable bonds is 4. The van der Waals surface area contributed by atoms with Crippen molar-refractivity contribution in [2.75, 3.05) is 16.8 Å². The number of phenolic OH excluding ortho intramolecular Hbond substituents is 1. The standard InChI is InChI=1S/C24H23FN2O2.C2H6/c1-16(28)26-20-6-2-17(3-7-20)14-24-23-11-10-22(29)15-18(23)12-13-27(24)21-8-4-19(25)5-9-21;1-2/h2-11,15,24,29H,12-14H2,1H3,(H,26,28);1-2H3. The van der Waals surface area contributed by atoms with Gasteiger partial charge >= 0.3 is 0 Å². The van der Waals surface area contributed by atoms with E-state index in [4.69, 9.17) is 0 Å². The third-order valence-corrected chi connectivity index (χ3v) is 5.35. The fourth-order valence-corrected chi connectivity index (χ4v) is 4.01. The molecule has 4 rings (SSSR count). The average molecular weight is 421 g/mol. The number of benzene rings is 3. The van der Waals surface area contributed by atoms with Crippen molar-refractivity contribution in [2.24, 2.45) is 0 Å². The van der Waals surface area contributed by atoms with Gasteiger partial charge in [-0.15, -0.1) is 0 Å². The van der Waals surface area contributed by atoms with Crippen LogP contribution in [0, 0.1) is 5.82 Å². The molecule has 31 heavy (non-hydrogen) atoms. The lowest BCUT2D eigenvalue weighted by atomic mass is 9.88. The lowest BCUT2D eigenvalue weighted by Gasteiger charge is -2.39. The van der Waals surface area contributed by atoms with Crippen molar-refractivity contribution in [3.05, 3.63) is 89.2 Å². The molecule has 1 heterocycles. The first kappa shape index (κ1) is 22.3. The molecule has 0 bridgehead atoms. The van der Waals surface area contributed by atoms with E-state index < -0.39 is 0 Å². The Balaban J connectivity index is 0.00000132. The second kappa shape index (κ2) is 10.1. The number of carbonyl (C=O) groups is 1. The molecule has 0 saturated carbocycles. The predicted molar refractivity (Wildman–Crippen MR) is 124 cm³/mol. The molecule has 162 valence electrons. The third kappa shape index (κ3) is 5.43. The van der Waals surface area contributed by atoms with E-state index in [2.05, 4.69) is 10.2 Å². The minimum absolute atomic E-state index is 0.0661. The van der Waals surface area contributed by atoms with Crippen LogP contribution < -0.4 is 10.2 Å². The molecule has 1 unspecified atom stereocenters. The van der Waals surface area contributed by atoms with Gasteiger partial charge in [0, 0.05) is 24.8 Å². The van der Waals surface area contributed by atoms with Gasteiger partial charge in [-0.05, 0) is 78.1 Å². The summed E-state index contributed by atoms with van der Waals surface area (Å²) in [6, 6.07) is 20.0. The van der Waals surface area contributed by atoms with Crippen LogP contribution in [-0.2, 0) is 17.6 Å². The van der Waals surface area contributed by atoms with Crippen molar-refractivity contribution in [1.82, 2.24) is 0 Å². The van der Waals surface area contributed by atoms with Gasteiger partial charge in [0.05, 0.1) is 6.04 Å². The van der Waals surface area contributed by atoms with E-state index in [1.54, 1.807) is 6.07 Å². The van der Waals surface area contributed by atoms with Gasteiger partial charge in [-0.3, -0.25) is 4.79 Å². The van der Waals surface area contributed by atoms with Gasteiger partial charge in [0.25, 0.3) is 0 Å². The average Bonchev–Trinajstić information content (AvgIpc) is 2.77. The van der Waals surface area contributed by atoms with Crippen LogP contribution in [-0.4, -0.2) is 17.6 Å². The summed E-state index contributed by atoms with van der Waals surface area (Å²) in [5.41, 5.74) is 5.19. The lowest BCUT2D eigenvalue weighted by molar-refractivity contribution is -0.114. The SMILES string of the molecule is CC.CC(=O)Nc1ccc(CC2c3ccc(O)cc3CCN2c2ccc(F)cc2)cc1. The first-order chi connectivity index (χ1) is 15.0. The molecule has 1 aliphatic heterocycles. The number of nitrogens with zero attached hydrogens (tertiary/aromatic N) is 1. The summed E-state index contributed by atoms with van der Waals surface area (Å²) in [6.07, 6.45) is 1.58. The monoisotopic (exact) mass is 420 g/mol. The molecule has 0 radical (unpaired) electrons. The zero-order valence-electron chi connectivity index (χ0n) is 18.2. The van der Waals surface area contributed by atoms with Gasteiger partial charge in [0.15, 0.2) is 0 Å². The van der Waals surface area contributed by atoms with Gasteiger partial charge in [-0.25, -0.2) is 4.39 Å². The number of hydrogen-bond donors (Lipinski definition) is 2. The van der Waals surface area contributed by atoms with E-state index in [0.29, 0.717) is 0 Å². The van der Waals surface area contributed by atoms with Gasteiger partial charge < -0.3 is 15.3 Å². The molecule has 5 heteroatoms. The molecular weight excluding hydrogens is 391 g/mol. The Morgan fingerprint density at radius 3 is 2.39 bits per heavy atom. The molecule has 0 spiro atoms. The number of carbonyl (C=O) groups excluding carboxylic acids is 1. The Morgan fingerprint density at radius 1 is 1.06 bits per heavy atom. The molecule has 2 N–H and O–H groups in total. The van der Waals surface area contributed by atoms with Gasteiger partial charge in [-0.1, -0.05) is 32.0 Å². The minimum Gasteiger partial charge on any atom is -0.508 e. The van der Waals surface area contributed by atoms with Crippen molar-refractivity contribution < 1.29 is 14.3 Å². The quantitative estimate of drug-likeness (QED) is 0.556. The van der Waals surface area contributed by atoms with Crippen LogP contribution in [0.1, 0.15) is 43.5 Å². The molecule has 3 aromatic carbocycles. The van der Waals surface area contributed by atoms with E-state index >= 15 is 0 Å². The van der Waals surface area contributed by atoms with E-state index in [1.807, 2.05) is 62.4 Å². The molecule has 0 saturated heterocycles. The summed E-state index contributed by atoms with van der Waals surface area (Å²) in [5, 5.41) is 12.7. The maximum absolute atomic E-state index is 13.4. The fraction of sp³-hybridized carbons (Fsp3) is 0.269. The summed E-state index contributed by atoms with van der Waals surface area (Å²) in [5.74, 6) is -0.0696. The highest BCUT2D eigenvalue weighted by molar-refractivity contribution is 5.88. The highest BCUT2D eigenvalue weighted by Crippen LogP contribution is 2.37. The van der Waals surface area contributed by atoms with Crippen LogP contribution in [0.5, 0.6) is 5.75 Å². The number of anilines is 2. The Bertz CT molecular complexity index is 1020. The smallest absolute Gasteiger partial charge is 0.221 e. The Labute approximate surface area is 183 Å². The summed E-state index contributed by atoms with van der Waals surface area (Å²) in [7, 11) is 0. The van der Waals surface area contributed by atoms with Crippen LogP contribution >= 0.6 is 0 Å². The molecule has 0 fully saturated rings. The van der Waals surface area contributed by atoms with Gasteiger partial charge in [-0.2, -0.15) is 0 Å². The summed E-state index contributed by atoms with van der Waals surface area (Å²) < 4.78 is 13.4. The maximum Gasteiger partial charge on any atom is 0.221 e. The number of halogens is 1. The molecule has 0 aromatic heterocycles. The fourth-order valence-electron chi connectivity index (χ4n) is 4.01. The normalized spacial score (nSPS) is 14.8. The van der Waals surface area contributed by atoms with Crippen LogP contribution in [0.25, 0.3) is 0 Å². The lowest BCUT2D eigenvalue weighted by Crippen LogP contribution is -2.36. The molecule has 1 atom stereocenters. The number of fused-ring (bicyclic) bond motifs is 1. The van der Waals surface area contributed by atoms with Crippen molar-refractivity contribution in [2.45, 2.75) is 39.7 Å². The van der Waals surface area contributed by atoms with Crippen molar-refractivity contribution in [1.29, 1.82) is 0 Å². The molecule has 1 aliphatic rings. The van der Waals surface area contributed by atoms with Gasteiger partial charge in [0.1, 0.15) is 11.6 Å². The first-order valence-electron chi connectivity index (χ1n) is 10.7. The highest BCUT2D eigenvalue weighted by Gasteiger charge is 2.28. The minimum atomic E-state index is -0.249. The number of hydrogen-bond acceptors (Lipinski definition) is 3. The molecular formula is C26H29FN2O2. The Hall–Kier alpha value is -3.34. The van der Waals surface area contributed by atoms with E-state index in [0.717, 1.165) is 41.9 Å². The van der Waals surface area contributed by atoms with Crippen molar-refractivity contribution >= 4 is 17.3 Å². The zero-order chi connectivity index (χ0) is 22.4. The molecule has 0 aliphatic carbocycles. The van der Waals surface area contributed by atoms with Crippen LogP contribution in [0.3, 0.4) is 0 Å². The van der Waals surface area contributed by atoms with Crippen LogP contribution in [0.15, 0.2) is 66.7 Å². The zero-order valence-corrected chi connectivity index (χ0v) is 18.2. The predicted octanol–water partition coefficient (Wildman–Crippen LogP) is 5.86. The second-order valence-electron chi connectivity index (χ2n) is 7.40. The number of nitrogens with one attached hydrogen (secondary N) is 1. The largest absolute Gasteiger partial charge is 0.508 e. The van der Waals surface area contributed by atoms with E-state index in [-0.39, 0.29) is 23.5 Å². The number of phenols is 1. The molecule has 4 nitrogen and oxygen atoms in total. The summed E-state index contributed by atoms with van der Waals surface area (Å²) in [4.78, 5) is 13.5. The van der Waals surface area contributed by atoms with E-state index in [9.17, 15) is 14.3 Å². The van der Waals surface area contributed by atoms with Crippen LogP contribution in [0.2, 0.25) is 0 Å². The van der Waals surface area contributed by atoms with Crippen molar-refractivity contribution in [3.63, 3.8) is 0 Å². The Morgan fingerprint density at radius 2 is 1.74 bits per heavy atom. The number of aromatic hydroxyl groups is 1. The van der Waals surface area contributed by atoms with E-state index in [1.165, 1.54) is 24.6 Å². The third-order valence-electron chi connectivity index (χ3n) is 5.35. The van der Waals surface area contributed by atoms with Crippen molar-refractivity contribution in [3.8, 4) is 5.75 Å². The van der Waals surface area contributed by atoms with Gasteiger partial charge in [0.2, 0.25) is 5.91 Å².